The third-order valence-corrected chi connectivity index (χ3v) is 2.29. The van der Waals surface area contributed by atoms with Crippen LogP contribution in [0.4, 0.5) is 5.69 Å². The molecule has 0 unspecified atom stereocenters. The predicted octanol–water partition coefficient (Wildman–Crippen LogP) is 1.68. The summed E-state index contributed by atoms with van der Waals surface area (Å²) in [7, 11) is 0. The lowest BCUT2D eigenvalue weighted by Gasteiger charge is -2.15. The molecule has 1 aromatic carbocycles. The minimum absolute atomic E-state index is 0.0410. The van der Waals surface area contributed by atoms with Crippen LogP contribution in [0.15, 0.2) is 30.3 Å². The van der Waals surface area contributed by atoms with Gasteiger partial charge in [0.1, 0.15) is 0 Å². The van der Waals surface area contributed by atoms with Crippen molar-refractivity contribution < 1.29 is 0 Å². The number of nitrogens with one attached hydrogen (secondary N) is 1. The van der Waals surface area contributed by atoms with E-state index >= 15 is 0 Å². The van der Waals surface area contributed by atoms with Crippen LogP contribution in [0.25, 0.3) is 0 Å². The summed E-state index contributed by atoms with van der Waals surface area (Å²) in [4.78, 5) is 0.443. The van der Waals surface area contributed by atoms with Crippen molar-refractivity contribution in [1.29, 1.82) is 0 Å². The Hall–Kier alpha value is -0.740. The van der Waals surface area contributed by atoms with Crippen molar-refractivity contribution in [2.24, 2.45) is 5.73 Å². The summed E-state index contributed by atoms with van der Waals surface area (Å²) >= 11 is 9.04. The summed E-state index contributed by atoms with van der Waals surface area (Å²) in [5, 5.41) is 3.19. The molecule has 0 heterocycles. The molecule has 3 N–H and O–H groups in total. The molecule has 0 saturated carbocycles. The lowest BCUT2D eigenvalue weighted by Crippen LogP contribution is -2.35. The normalized spacial score (nSPS) is 12.1. The number of hydrogen-bond acceptors (Lipinski definition) is 3. The van der Waals surface area contributed by atoms with Crippen LogP contribution in [0.3, 0.4) is 0 Å². The molecule has 2 nitrogen and oxygen atoms in total. The first kappa shape index (κ1) is 10.3. The van der Waals surface area contributed by atoms with Gasteiger partial charge in [-0.3, -0.25) is 0 Å². The van der Waals surface area contributed by atoms with E-state index in [4.69, 9.17) is 18.0 Å². The van der Waals surface area contributed by atoms with Gasteiger partial charge in [0, 0.05) is 11.4 Å². The number of thiol groups is 1. The van der Waals surface area contributed by atoms with Gasteiger partial charge in [0.15, 0.2) is 0 Å². The lowest BCUT2D eigenvalue weighted by atomic mass is 10.2. The maximum atomic E-state index is 5.52. The zero-order valence-electron chi connectivity index (χ0n) is 7.10. The topological polar surface area (TPSA) is 38.0 Å². The predicted molar refractivity (Wildman–Crippen MR) is 64.5 cm³/mol. The minimum Gasteiger partial charge on any atom is -0.392 e. The number of thiocarbonyl (C=S) groups is 1. The smallest absolute Gasteiger partial charge is 0.0962 e. The molecule has 0 aliphatic rings. The van der Waals surface area contributed by atoms with Gasteiger partial charge in [0.2, 0.25) is 0 Å². The van der Waals surface area contributed by atoms with Crippen molar-refractivity contribution in [3.05, 3.63) is 30.3 Å². The molecular formula is C9H12N2S2. The van der Waals surface area contributed by atoms with Crippen molar-refractivity contribution in [2.45, 2.75) is 6.04 Å². The second kappa shape index (κ2) is 5.09. The van der Waals surface area contributed by atoms with E-state index in [2.05, 4.69) is 17.9 Å². The van der Waals surface area contributed by atoms with Crippen LogP contribution in [0.5, 0.6) is 0 Å². The molecule has 0 aromatic heterocycles. The Morgan fingerprint density at radius 1 is 1.46 bits per heavy atom. The summed E-state index contributed by atoms with van der Waals surface area (Å²) in [6.07, 6.45) is 0. The van der Waals surface area contributed by atoms with Gasteiger partial charge >= 0.3 is 0 Å². The van der Waals surface area contributed by atoms with Crippen LogP contribution in [-0.4, -0.2) is 16.8 Å². The molecule has 0 amide bonds. The van der Waals surface area contributed by atoms with E-state index < -0.39 is 0 Å². The zero-order valence-corrected chi connectivity index (χ0v) is 8.81. The van der Waals surface area contributed by atoms with E-state index in [1.807, 2.05) is 30.3 Å². The fourth-order valence-electron chi connectivity index (χ4n) is 0.942. The monoisotopic (exact) mass is 212 g/mol. The maximum Gasteiger partial charge on any atom is 0.0962 e. The van der Waals surface area contributed by atoms with Gasteiger partial charge in [0.05, 0.1) is 11.0 Å². The first-order chi connectivity index (χ1) is 6.24. The Bertz CT molecular complexity index is 274. The number of para-hydroxylation sites is 1. The second-order valence-electron chi connectivity index (χ2n) is 2.65. The quantitative estimate of drug-likeness (QED) is 0.525. The zero-order chi connectivity index (χ0) is 9.68. The number of nitrogens with two attached hydrogens (primary N) is 1. The summed E-state index contributed by atoms with van der Waals surface area (Å²) in [6, 6.07) is 9.76. The van der Waals surface area contributed by atoms with E-state index in [-0.39, 0.29) is 6.04 Å². The highest BCUT2D eigenvalue weighted by atomic mass is 32.1. The Labute approximate surface area is 88.9 Å². The fraction of sp³-hybridized carbons (Fsp3) is 0.222. The number of hydrogen-bond donors (Lipinski definition) is 3. The van der Waals surface area contributed by atoms with E-state index in [1.54, 1.807) is 0 Å². The third-order valence-electron chi connectivity index (χ3n) is 1.64. The van der Waals surface area contributed by atoms with Crippen molar-refractivity contribution >= 4 is 35.5 Å². The molecule has 0 fully saturated rings. The Kier molecular flexibility index (Phi) is 4.05. The van der Waals surface area contributed by atoms with Crippen molar-refractivity contribution in [2.75, 3.05) is 11.1 Å². The Balaban J connectivity index is 2.62. The summed E-state index contributed by atoms with van der Waals surface area (Å²) in [5.74, 6) is 0.601. The highest BCUT2D eigenvalue weighted by Gasteiger charge is 2.08. The molecule has 4 heteroatoms. The molecule has 0 spiro atoms. The van der Waals surface area contributed by atoms with Gasteiger partial charge in [-0.15, -0.1) is 0 Å². The standard InChI is InChI=1S/C9H12N2S2/c10-9(13)8(6-12)11-7-4-2-1-3-5-7/h1-5,8,11-12H,6H2,(H2,10,13)/t8-/m0/s1. The Morgan fingerprint density at radius 2 is 2.08 bits per heavy atom. The van der Waals surface area contributed by atoms with Crippen molar-refractivity contribution in [3.8, 4) is 0 Å². The number of rotatable bonds is 4. The van der Waals surface area contributed by atoms with Gasteiger partial charge in [-0.1, -0.05) is 30.4 Å². The van der Waals surface area contributed by atoms with Gasteiger partial charge in [0.25, 0.3) is 0 Å². The molecule has 0 radical (unpaired) electrons. The van der Waals surface area contributed by atoms with Crippen molar-refractivity contribution in [3.63, 3.8) is 0 Å². The first-order valence-electron chi connectivity index (χ1n) is 3.96. The highest BCUT2D eigenvalue weighted by molar-refractivity contribution is 7.81. The molecule has 0 saturated heterocycles. The third kappa shape index (κ3) is 3.24. The molecule has 0 aliphatic heterocycles. The fourth-order valence-corrected chi connectivity index (χ4v) is 1.50. The van der Waals surface area contributed by atoms with Crippen LogP contribution < -0.4 is 11.1 Å². The van der Waals surface area contributed by atoms with Crippen LogP contribution in [0.1, 0.15) is 0 Å². The van der Waals surface area contributed by atoms with Gasteiger partial charge < -0.3 is 11.1 Å². The Morgan fingerprint density at radius 3 is 2.54 bits per heavy atom. The molecule has 1 atom stereocenters. The second-order valence-corrected chi connectivity index (χ2v) is 3.48. The van der Waals surface area contributed by atoms with Gasteiger partial charge in [-0.05, 0) is 12.1 Å². The number of anilines is 1. The molecule has 70 valence electrons. The first-order valence-corrected chi connectivity index (χ1v) is 5.00. The summed E-state index contributed by atoms with van der Waals surface area (Å²) < 4.78 is 0. The molecule has 13 heavy (non-hydrogen) atoms. The summed E-state index contributed by atoms with van der Waals surface area (Å²) in [5.41, 5.74) is 6.52. The average Bonchev–Trinajstić information content (AvgIpc) is 2.15. The van der Waals surface area contributed by atoms with Crippen LogP contribution in [0.2, 0.25) is 0 Å². The molecule has 0 aliphatic carbocycles. The summed E-state index contributed by atoms with van der Waals surface area (Å²) in [6.45, 7) is 0. The van der Waals surface area contributed by atoms with Gasteiger partial charge in [-0.2, -0.15) is 12.6 Å². The van der Waals surface area contributed by atoms with E-state index in [9.17, 15) is 0 Å². The maximum absolute atomic E-state index is 5.52. The molecular weight excluding hydrogens is 200 g/mol. The van der Waals surface area contributed by atoms with Crippen LogP contribution >= 0.6 is 24.8 Å². The highest BCUT2D eigenvalue weighted by Crippen LogP contribution is 2.07. The largest absolute Gasteiger partial charge is 0.392 e. The van der Waals surface area contributed by atoms with Crippen LogP contribution in [0, 0.1) is 0 Å². The van der Waals surface area contributed by atoms with Gasteiger partial charge in [-0.25, -0.2) is 0 Å². The number of benzene rings is 1. The van der Waals surface area contributed by atoms with E-state index in [1.165, 1.54) is 0 Å². The van der Waals surface area contributed by atoms with Crippen LogP contribution in [-0.2, 0) is 0 Å². The molecule has 0 bridgehead atoms. The molecule has 1 rings (SSSR count). The minimum atomic E-state index is -0.0410. The van der Waals surface area contributed by atoms with Crippen molar-refractivity contribution in [1.82, 2.24) is 0 Å². The average molecular weight is 212 g/mol. The lowest BCUT2D eigenvalue weighted by molar-refractivity contribution is 1.07. The van der Waals surface area contributed by atoms with E-state index in [0.717, 1.165) is 5.69 Å². The van der Waals surface area contributed by atoms with E-state index in [0.29, 0.717) is 10.7 Å². The SMILES string of the molecule is NC(=S)[C@H](CS)Nc1ccccc1. The molecule has 1 aromatic rings.